The SMILES string of the molecule is CCOC(=O)c1csc(=NC)n1-c1c(C)noc1/C=C/c1ccc(Cl)cc1. The number of rotatable bonds is 5. The standard InChI is InChI=1S/C19H18ClN3O3S/c1-4-25-18(24)15-11-27-19(21-3)23(15)17-12(2)22-26-16(17)10-7-13-5-8-14(20)9-6-13/h5-11H,4H2,1-3H3/b10-7+,21-19?. The number of hydrogen-bond acceptors (Lipinski definition) is 6. The molecule has 0 saturated carbocycles. The zero-order valence-corrected chi connectivity index (χ0v) is 16.7. The number of thiazole rings is 1. The van der Waals surface area contributed by atoms with Gasteiger partial charge in [0, 0.05) is 17.5 Å². The van der Waals surface area contributed by atoms with Crippen molar-refractivity contribution in [3.8, 4) is 5.69 Å². The first-order valence-corrected chi connectivity index (χ1v) is 9.51. The molecule has 1 aromatic carbocycles. The second kappa shape index (κ2) is 8.37. The van der Waals surface area contributed by atoms with Gasteiger partial charge in [-0.2, -0.15) is 0 Å². The van der Waals surface area contributed by atoms with Crippen molar-refractivity contribution in [1.82, 2.24) is 9.72 Å². The van der Waals surface area contributed by atoms with E-state index in [9.17, 15) is 4.79 Å². The van der Waals surface area contributed by atoms with Gasteiger partial charge in [-0.1, -0.05) is 35.0 Å². The summed E-state index contributed by atoms with van der Waals surface area (Å²) >= 11 is 7.27. The van der Waals surface area contributed by atoms with Crippen molar-refractivity contribution in [3.05, 3.63) is 62.2 Å². The van der Waals surface area contributed by atoms with E-state index in [1.807, 2.05) is 37.3 Å². The molecule has 0 saturated heterocycles. The highest BCUT2D eigenvalue weighted by Crippen LogP contribution is 2.23. The molecule has 0 N–H and O–H groups in total. The highest BCUT2D eigenvalue weighted by Gasteiger charge is 2.22. The average molecular weight is 404 g/mol. The van der Waals surface area contributed by atoms with Gasteiger partial charge < -0.3 is 9.26 Å². The quantitative estimate of drug-likeness (QED) is 0.593. The van der Waals surface area contributed by atoms with E-state index in [4.69, 9.17) is 20.9 Å². The summed E-state index contributed by atoms with van der Waals surface area (Å²) in [6.45, 7) is 3.88. The number of aryl methyl sites for hydroxylation is 1. The number of ether oxygens (including phenoxy) is 1. The summed E-state index contributed by atoms with van der Waals surface area (Å²) in [5, 5.41) is 6.46. The van der Waals surface area contributed by atoms with Crippen molar-refractivity contribution < 1.29 is 14.1 Å². The van der Waals surface area contributed by atoms with Crippen molar-refractivity contribution >= 4 is 41.1 Å². The fourth-order valence-electron chi connectivity index (χ4n) is 2.54. The number of carbonyl (C=O) groups is 1. The van der Waals surface area contributed by atoms with Gasteiger partial charge >= 0.3 is 5.97 Å². The molecule has 8 heteroatoms. The van der Waals surface area contributed by atoms with E-state index < -0.39 is 5.97 Å². The lowest BCUT2D eigenvalue weighted by Gasteiger charge is -2.07. The first-order valence-electron chi connectivity index (χ1n) is 8.26. The van der Waals surface area contributed by atoms with E-state index in [2.05, 4.69) is 10.1 Å². The highest BCUT2D eigenvalue weighted by molar-refractivity contribution is 7.07. The second-order valence-electron chi connectivity index (χ2n) is 5.55. The Kier molecular flexibility index (Phi) is 5.93. The molecule has 140 valence electrons. The lowest BCUT2D eigenvalue weighted by atomic mass is 10.2. The molecule has 0 aliphatic rings. The summed E-state index contributed by atoms with van der Waals surface area (Å²) in [7, 11) is 1.67. The maximum absolute atomic E-state index is 12.4. The summed E-state index contributed by atoms with van der Waals surface area (Å²) in [5.74, 6) is 0.0955. The van der Waals surface area contributed by atoms with Crippen LogP contribution in [-0.2, 0) is 4.74 Å². The Labute approximate surface area is 165 Å². The van der Waals surface area contributed by atoms with E-state index in [0.717, 1.165) is 5.56 Å². The molecule has 3 rings (SSSR count). The number of benzene rings is 1. The zero-order valence-electron chi connectivity index (χ0n) is 15.1. The molecule has 0 radical (unpaired) electrons. The number of hydrogen-bond donors (Lipinski definition) is 0. The van der Waals surface area contributed by atoms with E-state index in [-0.39, 0.29) is 0 Å². The minimum Gasteiger partial charge on any atom is -0.461 e. The Morgan fingerprint density at radius 3 is 2.78 bits per heavy atom. The Hall–Kier alpha value is -2.64. The maximum Gasteiger partial charge on any atom is 0.356 e. The number of esters is 1. The molecule has 0 amide bonds. The third-order valence-corrected chi connectivity index (χ3v) is 4.93. The first kappa shape index (κ1) is 19.1. The second-order valence-corrected chi connectivity index (χ2v) is 6.82. The van der Waals surface area contributed by atoms with Crippen LogP contribution in [-0.4, -0.2) is 29.3 Å². The summed E-state index contributed by atoms with van der Waals surface area (Å²) in [6, 6.07) is 7.43. The summed E-state index contributed by atoms with van der Waals surface area (Å²) in [4.78, 5) is 17.3. The Balaban J connectivity index is 2.09. The van der Waals surface area contributed by atoms with Gasteiger partial charge in [-0.05, 0) is 37.6 Å². The number of aromatic nitrogens is 2. The maximum atomic E-state index is 12.4. The van der Waals surface area contributed by atoms with E-state index in [1.165, 1.54) is 11.3 Å². The molecule has 0 aliphatic carbocycles. The zero-order chi connectivity index (χ0) is 19.4. The molecular weight excluding hydrogens is 386 g/mol. The van der Waals surface area contributed by atoms with Crippen LogP contribution in [0.5, 0.6) is 0 Å². The van der Waals surface area contributed by atoms with Crippen LogP contribution in [0, 0.1) is 6.92 Å². The molecule has 2 heterocycles. The van der Waals surface area contributed by atoms with Gasteiger partial charge in [0.05, 0.1) is 6.61 Å². The third kappa shape index (κ3) is 4.04. The molecule has 2 aromatic heterocycles. The van der Waals surface area contributed by atoms with Crippen LogP contribution in [0.3, 0.4) is 0 Å². The van der Waals surface area contributed by atoms with Gasteiger partial charge in [-0.25, -0.2) is 4.79 Å². The summed E-state index contributed by atoms with van der Waals surface area (Å²) in [6.07, 6.45) is 3.69. The normalized spacial score (nSPS) is 12.1. The fourth-order valence-corrected chi connectivity index (χ4v) is 3.48. The predicted molar refractivity (Wildman–Crippen MR) is 106 cm³/mol. The van der Waals surface area contributed by atoms with Crippen LogP contribution >= 0.6 is 22.9 Å². The van der Waals surface area contributed by atoms with Crippen molar-refractivity contribution in [2.45, 2.75) is 13.8 Å². The lowest BCUT2D eigenvalue weighted by molar-refractivity contribution is 0.0516. The molecule has 0 bridgehead atoms. The van der Waals surface area contributed by atoms with Crippen molar-refractivity contribution in [2.75, 3.05) is 13.7 Å². The van der Waals surface area contributed by atoms with Crippen LogP contribution in [0.4, 0.5) is 0 Å². The fraction of sp³-hybridized carbons (Fsp3) is 0.211. The average Bonchev–Trinajstić information content (AvgIpc) is 3.24. The lowest BCUT2D eigenvalue weighted by Crippen LogP contribution is -2.20. The monoisotopic (exact) mass is 403 g/mol. The van der Waals surface area contributed by atoms with Gasteiger partial charge in [-0.3, -0.25) is 9.56 Å². The third-order valence-electron chi connectivity index (χ3n) is 3.76. The Morgan fingerprint density at radius 2 is 2.11 bits per heavy atom. The molecule has 6 nitrogen and oxygen atoms in total. The van der Waals surface area contributed by atoms with Crippen molar-refractivity contribution in [2.24, 2.45) is 4.99 Å². The number of halogens is 1. The Morgan fingerprint density at radius 1 is 1.37 bits per heavy atom. The van der Waals surface area contributed by atoms with Crippen LogP contribution < -0.4 is 4.80 Å². The topological polar surface area (TPSA) is 69.6 Å². The minimum atomic E-state index is -0.420. The van der Waals surface area contributed by atoms with E-state index in [1.54, 1.807) is 30.0 Å². The van der Waals surface area contributed by atoms with Gasteiger partial charge in [0.2, 0.25) is 0 Å². The van der Waals surface area contributed by atoms with Crippen LogP contribution in [0.15, 0.2) is 39.2 Å². The molecule has 0 unspecified atom stereocenters. The molecule has 3 aromatic rings. The van der Waals surface area contributed by atoms with Crippen LogP contribution in [0.1, 0.15) is 34.4 Å². The largest absolute Gasteiger partial charge is 0.461 e. The van der Waals surface area contributed by atoms with Gasteiger partial charge in [0.15, 0.2) is 10.6 Å². The van der Waals surface area contributed by atoms with Gasteiger partial charge in [0.1, 0.15) is 17.1 Å². The summed E-state index contributed by atoms with van der Waals surface area (Å²) in [5.41, 5.74) is 2.64. The first-order chi connectivity index (χ1) is 13.0. The summed E-state index contributed by atoms with van der Waals surface area (Å²) < 4.78 is 12.4. The number of nitrogens with zero attached hydrogens (tertiary/aromatic N) is 3. The van der Waals surface area contributed by atoms with Crippen LogP contribution in [0.2, 0.25) is 5.02 Å². The molecule has 0 atom stereocenters. The number of carbonyl (C=O) groups excluding carboxylic acids is 1. The predicted octanol–water partition coefficient (Wildman–Crippen LogP) is 4.37. The highest BCUT2D eigenvalue weighted by atomic mass is 35.5. The minimum absolute atomic E-state index is 0.291. The smallest absolute Gasteiger partial charge is 0.356 e. The van der Waals surface area contributed by atoms with Gasteiger partial charge in [0.25, 0.3) is 0 Å². The molecule has 0 aliphatic heterocycles. The molecular formula is C19H18ClN3O3S. The molecule has 0 spiro atoms. The van der Waals surface area contributed by atoms with Crippen molar-refractivity contribution in [1.29, 1.82) is 0 Å². The van der Waals surface area contributed by atoms with E-state index in [0.29, 0.717) is 39.3 Å². The van der Waals surface area contributed by atoms with Gasteiger partial charge in [-0.15, -0.1) is 11.3 Å². The molecule has 0 fully saturated rings. The van der Waals surface area contributed by atoms with E-state index >= 15 is 0 Å². The molecule has 27 heavy (non-hydrogen) atoms. The van der Waals surface area contributed by atoms with Crippen molar-refractivity contribution in [3.63, 3.8) is 0 Å². The van der Waals surface area contributed by atoms with Crippen LogP contribution in [0.25, 0.3) is 17.8 Å². The Bertz CT molecular complexity index is 1050.